The maximum absolute atomic E-state index is 11.6. The monoisotopic (exact) mass is 306 g/mol. The van der Waals surface area contributed by atoms with Crippen molar-refractivity contribution in [1.82, 2.24) is 4.98 Å². The molecule has 1 unspecified atom stereocenters. The SMILES string of the molecule is Cc1nc(-c2ccc(NC3CCCS(=O)(=O)C3)cc2)co1. The van der Waals surface area contributed by atoms with E-state index in [1.807, 2.05) is 31.2 Å². The summed E-state index contributed by atoms with van der Waals surface area (Å²) in [6.07, 6.45) is 3.26. The fourth-order valence-electron chi connectivity index (χ4n) is 2.61. The van der Waals surface area contributed by atoms with Crippen molar-refractivity contribution in [3.05, 3.63) is 36.4 Å². The second-order valence-electron chi connectivity index (χ2n) is 5.43. The first-order valence-electron chi connectivity index (χ1n) is 7.01. The number of aryl methyl sites for hydroxylation is 1. The van der Waals surface area contributed by atoms with E-state index >= 15 is 0 Å². The lowest BCUT2D eigenvalue weighted by Gasteiger charge is -2.24. The van der Waals surface area contributed by atoms with E-state index in [2.05, 4.69) is 10.3 Å². The highest BCUT2D eigenvalue weighted by atomic mass is 32.2. The van der Waals surface area contributed by atoms with Crippen LogP contribution < -0.4 is 5.32 Å². The van der Waals surface area contributed by atoms with Crippen molar-refractivity contribution in [2.24, 2.45) is 0 Å². The van der Waals surface area contributed by atoms with Crippen LogP contribution in [-0.2, 0) is 9.84 Å². The lowest BCUT2D eigenvalue weighted by atomic mass is 10.1. The summed E-state index contributed by atoms with van der Waals surface area (Å²) >= 11 is 0. The van der Waals surface area contributed by atoms with Gasteiger partial charge in [0, 0.05) is 24.2 Å². The quantitative estimate of drug-likeness (QED) is 0.943. The molecule has 1 atom stereocenters. The Labute approximate surface area is 124 Å². The summed E-state index contributed by atoms with van der Waals surface area (Å²) in [6, 6.07) is 7.80. The molecule has 1 aromatic carbocycles. The maximum Gasteiger partial charge on any atom is 0.191 e. The van der Waals surface area contributed by atoms with Crippen LogP contribution >= 0.6 is 0 Å². The van der Waals surface area contributed by atoms with Gasteiger partial charge in [0.25, 0.3) is 0 Å². The van der Waals surface area contributed by atoms with E-state index in [-0.39, 0.29) is 11.8 Å². The Balaban J connectivity index is 1.70. The van der Waals surface area contributed by atoms with Crippen LogP contribution in [0, 0.1) is 6.92 Å². The van der Waals surface area contributed by atoms with Crippen molar-refractivity contribution in [2.45, 2.75) is 25.8 Å². The van der Waals surface area contributed by atoms with Crippen LogP contribution in [0.15, 0.2) is 34.9 Å². The third kappa shape index (κ3) is 3.44. The fourth-order valence-corrected chi connectivity index (χ4v) is 4.24. The highest BCUT2D eigenvalue weighted by Crippen LogP contribution is 2.22. The normalized spacial score (nSPS) is 21.1. The van der Waals surface area contributed by atoms with Crippen molar-refractivity contribution in [2.75, 3.05) is 16.8 Å². The first-order valence-corrected chi connectivity index (χ1v) is 8.83. The van der Waals surface area contributed by atoms with E-state index < -0.39 is 9.84 Å². The zero-order valence-corrected chi connectivity index (χ0v) is 12.7. The van der Waals surface area contributed by atoms with Gasteiger partial charge in [-0.15, -0.1) is 0 Å². The molecule has 1 aliphatic heterocycles. The number of hydrogen-bond acceptors (Lipinski definition) is 5. The number of rotatable bonds is 3. The number of sulfone groups is 1. The van der Waals surface area contributed by atoms with Crippen molar-refractivity contribution in [1.29, 1.82) is 0 Å². The average molecular weight is 306 g/mol. The molecule has 2 heterocycles. The topological polar surface area (TPSA) is 72.2 Å². The molecule has 1 N–H and O–H groups in total. The number of nitrogens with one attached hydrogen (secondary N) is 1. The maximum atomic E-state index is 11.6. The molecule has 112 valence electrons. The van der Waals surface area contributed by atoms with E-state index in [1.54, 1.807) is 6.26 Å². The molecule has 21 heavy (non-hydrogen) atoms. The Bertz CT molecular complexity index is 720. The molecule has 0 amide bonds. The molecule has 1 fully saturated rings. The van der Waals surface area contributed by atoms with E-state index in [1.165, 1.54) is 0 Å². The van der Waals surface area contributed by atoms with Gasteiger partial charge in [-0.25, -0.2) is 13.4 Å². The fraction of sp³-hybridized carbons (Fsp3) is 0.400. The standard InChI is InChI=1S/C15H18N2O3S/c1-11-16-15(9-20-11)12-4-6-13(7-5-12)17-14-3-2-8-21(18,19)10-14/h4-7,9,14,17H,2-3,8,10H2,1H3. The Kier molecular flexibility index (Phi) is 3.71. The lowest BCUT2D eigenvalue weighted by Crippen LogP contribution is -2.34. The molecule has 0 bridgehead atoms. The first-order chi connectivity index (χ1) is 10.0. The number of hydrogen-bond donors (Lipinski definition) is 1. The molecular weight excluding hydrogens is 288 g/mol. The predicted molar refractivity (Wildman–Crippen MR) is 82.0 cm³/mol. The van der Waals surface area contributed by atoms with Crippen LogP contribution in [0.25, 0.3) is 11.3 Å². The van der Waals surface area contributed by atoms with Crippen molar-refractivity contribution >= 4 is 15.5 Å². The van der Waals surface area contributed by atoms with Gasteiger partial charge in [-0.3, -0.25) is 0 Å². The first kappa shape index (κ1) is 14.1. The van der Waals surface area contributed by atoms with Crippen LogP contribution in [0.5, 0.6) is 0 Å². The van der Waals surface area contributed by atoms with Crippen LogP contribution in [0.2, 0.25) is 0 Å². The molecule has 6 heteroatoms. The zero-order valence-electron chi connectivity index (χ0n) is 11.9. The summed E-state index contributed by atoms with van der Waals surface area (Å²) in [5.74, 6) is 1.17. The minimum atomic E-state index is -2.89. The predicted octanol–water partition coefficient (Wildman–Crippen LogP) is 2.64. The molecule has 1 aromatic heterocycles. The Morgan fingerprint density at radius 1 is 1.29 bits per heavy atom. The van der Waals surface area contributed by atoms with Crippen LogP contribution in [0.4, 0.5) is 5.69 Å². The average Bonchev–Trinajstić information content (AvgIpc) is 2.85. The van der Waals surface area contributed by atoms with Gasteiger partial charge in [-0.05, 0) is 25.0 Å². The Hall–Kier alpha value is -1.82. The summed E-state index contributed by atoms with van der Waals surface area (Å²) in [7, 11) is -2.89. The van der Waals surface area contributed by atoms with E-state index in [4.69, 9.17) is 4.42 Å². The Morgan fingerprint density at radius 3 is 2.67 bits per heavy atom. The molecule has 0 saturated carbocycles. The van der Waals surface area contributed by atoms with Gasteiger partial charge in [0.1, 0.15) is 12.0 Å². The number of benzene rings is 1. The summed E-state index contributed by atoms with van der Waals surface area (Å²) in [5, 5.41) is 3.30. The summed E-state index contributed by atoms with van der Waals surface area (Å²) in [5.41, 5.74) is 2.72. The third-order valence-electron chi connectivity index (χ3n) is 3.63. The van der Waals surface area contributed by atoms with Crippen LogP contribution in [0.3, 0.4) is 0 Å². The zero-order chi connectivity index (χ0) is 14.9. The van der Waals surface area contributed by atoms with Gasteiger partial charge in [0.05, 0.1) is 11.5 Å². The minimum Gasteiger partial charge on any atom is -0.449 e. The highest BCUT2D eigenvalue weighted by Gasteiger charge is 2.24. The number of nitrogens with zero attached hydrogens (tertiary/aromatic N) is 1. The van der Waals surface area contributed by atoms with Gasteiger partial charge in [-0.2, -0.15) is 0 Å². The van der Waals surface area contributed by atoms with Crippen molar-refractivity contribution < 1.29 is 12.8 Å². The van der Waals surface area contributed by atoms with Gasteiger partial charge in [-0.1, -0.05) is 12.1 Å². The van der Waals surface area contributed by atoms with E-state index in [9.17, 15) is 8.42 Å². The minimum absolute atomic E-state index is 0.00361. The molecule has 3 rings (SSSR count). The molecular formula is C15H18N2O3S. The number of oxazole rings is 1. The molecule has 0 radical (unpaired) electrons. The van der Waals surface area contributed by atoms with Crippen LogP contribution in [0.1, 0.15) is 18.7 Å². The highest BCUT2D eigenvalue weighted by molar-refractivity contribution is 7.91. The van der Waals surface area contributed by atoms with Gasteiger partial charge in [0.15, 0.2) is 15.7 Å². The van der Waals surface area contributed by atoms with Crippen molar-refractivity contribution in [3.63, 3.8) is 0 Å². The molecule has 0 spiro atoms. The van der Waals surface area contributed by atoms with Gasteiger partial charge in [0.2, 0.25) is 0 Å². The summed E-state index contributed by atoms with van der Waals surface area (Å²) < 4.78 is 28.5. The second kappa shape index (κ2) is 5.52. The van der Waals surface area contributed by atoms with Gasteiger partial charge < -0.3 is 9.73 Å². The second-order valence-corrected chi connectivity index (χ2v) is 7.66. The summed E-state index contributed by atoms with van der Waals surface area (Å²) in [6.45, 7) is 1.81. The van der Waals surface area contributed by atoms with Crippen molar-refractivity contribution in [3.8, 4) is 11.3 Å². The number of aromatic nitrogens is 1. The number of anilines is 1. The molecule has 2 aromatic rings. The molecule has 1 aliphatic rings. The summed E-state index contributed by atoms with van der Waals surface area (Å²) in [4.78, 5) is 4.28. The molecule has 1 saturated heterocycles. The molecule has 0 aliphatic carbocycles. The largest absolute Gasteiger partial charge is 0.449 e. The smallest absolute Gasteiger partial charge is 0.191 e. The van der Waals surface area contributed by atoms with E-state index in [0.29, 0.717) is 11.6 Å². The third-order valence-corrected chi connectivity index (χ3v) is 5.45. The Morgan fingerprint density at radius 2 is 2.05 bits per heavy atom. The van der Waals surface area contributed by atoms with E-state index in [0.717, 1.165) is 29.8 Å². The molecule has 5 nitrogen and oxygen atoms in total. The lowest BCUT2D eigenvalue weighted by molar-refractivity contribution is 0.521. The van der Waals surface area contributed by atoms with Crippen LogP contribution in [-0.4, -0.2) is 30.9 Å². The van der Waals surface area contributed by atoms with Gasteiger partial charge >= 0.3 is 0 Å².